The van der Waals surface area contributed by atoms with Crippen LogP contribution in [0.4, 0.5) is 5.69 Å². The molecule has 0 fully saturated rings. The Morgan fingerprint density at radius 3 is 2.53 bits per heavy atom. The van der Waals surface area contributed by atoms with E-state index in [4.69, 9.17) is 12.2 Å². The molecule has 0 bridgehead atoms. The summed E-state index contributed by atoms with van der Waals surface area (Å²) in [7, 11) is 0. The van der Waals surface area contributed by atoms with Crippen molar-refractivity contribution < 1.29 is 0 Å². The average Bonchev–Trinajstić information content (AvgIpc) is 2.32. The van der Waals surface area contributed by atoms with E-state index < -0.39 is 0 Å². The number of rotatable bonds is 0. The quantitative estimate of drug-likeness (QED) is 0.531. The molecule has 92 valence electrons. The molecule has 1 aromatic carbocycles. The lowest BCUT2D eigenvalue weighted by Gasteiger charge is -2.26. The van der Waals surface area contributed by atoms with Crippen molar-refractivity contribution in [2.45, 2.75) is 34.1 Å². The number of anilines is 1. The van der Waals surface area contributed by atoms with E-state index in [0.29, 0.717) is 0 Å². The van der Waals surface area contributed by atoms with Gasteiger partial charge in [-0.1, -0.05) is 56.4 Å². The van der Waals surface area contributed by atoms with Crippen LogP contribution >= 0.6 is 12.2 Å². The minimum Gasteiger partial charge on any atom is -0.349 e. The zero-order valence-electron chi connectivity index (χ0n) is 11.1. The summed E-state index contributed by atoms with van der Waals surface area (Å²) in [4.78, 5) is 0.880. The lowest BCUT2D eigenvalue weighted by Crippen LogP contribution is -2.28. The molecule has 0 aromatic heterocycles. The van der Waals surface area contributed by atoms with Crippen molar-refractivity contribution in [3.8, 4) is 0 Å². The summed E-state index contributed by atoms with van der Waals surface area (Å²) in [6, 6.07) is 8.31. The van der Waals surface area contributed by atoms with Crippen molar-refractivity contribution in [1.29, 1.82) is 0 Å². The summed E-state index contributed by atoms with van der Waals surface area (Å²) in [5, 5.41) is 3.33. The molecule has 0 amide bonds. The molecule has 0 aliphatic carbocycles. The van der Waals surface area contributed by atoms with Gasteiger partial charge in [0.05, 0.1) is 4.99 Å². The van der Waals surface area contributed by atoms with Gasteiger partial charge >= 0.3 is 0 Å². The minimum atomic E-state index is -0.0527. The first-order chi connectivity index (χ1) is 8.09. The molecular weight excluding hydrogens is 226 g/mol. The maximum Gasteiger partial charge on any atom is 0.0892 e. The lowest BCUT2D eigenvalue weighted by molar-refractivity contribution is 0.681. The second kappa shape index (κ2) is 5.97. The molecule has 0 atom stereocenters. The van der Waals surface area contributed by atoms with Gasteiger partial charge in [-0.15, -0.1) is 0 Å². The van der Waals surface area contributed by atoms with Gasteiger partial charge in [-0.05, 0) is 31.9 Å². The Bertz CT molecular complexity index is 419. The van der Waals surface area contributed by atoms with Crippen LogP contribution < -0.4 is 5.32 Å². The second-order valence-corrected chi connectivity index (χ2v) is 4.85. The van der Waals surface area contributed by atoms with Crippen LogP contribution in [0.5, 0.6) is 0 Å². The van der Waals surface area contributed by atoms with E-state index in [2.05, 4.69) is 49.5 Å². The van der Waals surface area contributed by atoms with Gasteiger partial charge in [0.15, 0.2) is 0 Å². The highest BCUT2D eigenvalue weighted by Crippen LogP contribution is 2.26. The highest BCUT2D eigenvalue weighted by molar-refractivity contribution is 7.80. The third-order valence-corrected chi connectivity index (χ3v) is 3.35. The topological polar surface area (TPSA) is 12.0 Å². The number of hydrogen-bond donors (Lipinski definition) is 1. The van der Waals surface area contributed by atoms with Crippen molar-refractivity contribution in [2.24, 2.45) is 5.41 Å². The van der Waals surface area contributed by atoms with Crippen LogP contribution in [0.15, 0.2) is 36.4 Å². The van der Waals surface area contributed by atoms with E-state index >= 15 is 0 Å². The predicted octanol–water partition coefficient (Wildman–Crippen LogP) is 4.59. The third kappa shape index (κ3) is 3.40. The molecule has 1 aromatic rings. The Morgan fingerprint density at radius 2 is 1.82 bits per heavy atom. The van der Waals surface area contributed by atoms with Crippen LogP contribution in [0.2, 0.25) is 0 Å². The van der Waals surface area contributed by atoms with E-state index in [0.717, 1.165) is 17.1 Å². The van der Waals surface area contributed by atoms with Crippen molar-refractivity contribution in [1.82, 2.24) is 0 Å². The van der Waals surface area contributed by atoms with Crippen LogP contribution in [0, 0.1) is 5.41 Å². The smallest absolute Gasteiger partial charge is 0.0892 e. The number of nitrogens with one attached hydrogen (secondary N) is 1. The van der Waals surface area contributed by atoms with E-state index in [9.17, 15) is 0 Å². The fourth-order valence-electron chi connectivity index (χ4n) is 1.66. The number of para-hydroxylation sites is 1. The van der Waals surface area contributed by atoms with Crippen LogP contribution in [-0.4, -0.2) is 4.99 Å². The maximum absolute atomic E-state index is 5.40. The number of hydrogen-bond acceptors (Lipinski definition) is 1. The van der Waals surface area contributed by atoms with Gasteiger partial charge in [0, 0.05) is 11.1 Å². The van der Waals surface area contributed by atoms with E-state index in [-0.39, 0.29) is 5.41 Å². The van der Waals surface area contributed by atoms with Crippen LogP contribution in [0.3, 0.4) is 0 Å². The SMILES string of the molecule is CC.CC1(C)/C=C\Cc2ccccc2NC1=S. The van der Waals surface area contributed by atoms with Crippen molar-refractivity contribution >= 4 is 22.9 Å². The fourth-order valence-corrected chi connectivity index (χ4v) is 1.84. The fraction of sp³-hybridized carbons (Fsp3) is 0.400. The summed E-state index contributed by atoms with van der Waals surface area (Å²) >= 11 is 5.40. The molecule has 1 aliphatic heterocycles. The van der Waals surface area contributed by atoms with Gasteiger partial charge in [0.25, 0.3) is 0 Å². The number of allylic oxidation sites excluding steroid dienone is 1. The summed E-state index contributed by atoms with van der Waals surface area (Å²) in [5.41, 5.74) is 2.38. The first kappa shape index (κ1) is 13.9. The summed E-state index contributed by atoms with van der Waals surface area (Å²) in [5.74, 6) is 0. The predicted molar refractivity (Wildman–Crippen MR) is 80.6 cm³/mol. The van der Waals surface area contributed by atoms with Crippen LogP contribution in [0.25, 0.3) is 0 Å². The minimum absolute atomic E-state index is 0.0527. The molecule has 0 radical (unpaired) electrons. The molecule has 0 saturated carbocycles. The Morgan fingerprint density at radius 1 is 1.18 bits per heavy atom. The molecule has 1 nitrogen and oxygen atoms in total. The molecule has 1 heterocycles. The molecule has 0 spiro atoms. The Hall–Kier alpha value is -1.15. The maximum atomic E-state index is 5.40. The second-order valence-electron chi connectivity index (χ2n) is 4.44. The normalized spacial score (nSPS) is 18.7. The number of thiocarbonyl (C=S) groups is 1. The molecule has 1 aliphatic rings. The first-order valence-corrected chi connectivity index (χ1v) is 6.57. The molecule has 2 rings (SSSR count). The number of fused-ring (bicyclic) bond motifs is 1. The van der Waals surface area contributed by atoms with Gasteiger partial charge in [-0.3, -0.25) is 0 Å². The van der Waals surface area contributed by atoms with Gasteiger partial charge in [-0.2, -0.15) is 0 Å². The van der Waals surface area contributed by atoms with E-state index in [1.807, 2.05) is 19.9 Å². The molecule has 0 saturated heterocycles. The average molecular weight is 247 g/mol. The molecule has 2 heteroatoms. The van der Waals surface area contributed by atoms with Gasteiger partial charge in [0.1, 0.15) is 0 Å². The van der Waals surface area contributed by atoms with Crippen molar-refractivity contribution in [2.75, 3.05) is 5.32 Å². The lowest BCUT2D eigenvalue weighted by atomic mass is 9.90. The molecule has 17 heavy (non-hydrogen) atoms. The monoisotopic (exact) mass is 247 g/mol. The van der Waals surface area contributed by atoms with Gasteiger partial charge < -0.3 is 5.32 Å². The van der Waals surface area contributed by atoms with Crippen molar-refractivity contribution in [3.05, 3.63) is 42.0 Å². The largest absolute Gasteiger partial charge is 0.349 e. The molecule has 0 unspecified atom stereocenters. The third-order valence-electron chi connectivity index (χ3n) is 2.72. The van der Waals surface area contributed by atoms with Gasteiger partial charge in [0.2, 0.25) is 0 Å². The van der Waals surface area contributed by atoms with Crippen LogP contribution in [0.1, 0.15) is 33.3 Å². The standard InChI is InChI=1S/C13H15NS.C2H6/c1-13(2)9-5-7-10-6-3-4-8-11(10)14-12(13)15;1-2/h3-6,8-9H,7H2,1-2H3,(H,14,15);1-2H3/b9-5-;. The van der Waals surface area contributed by atoms with Gasteiger partial charge in [-0.25, -0.2) is 0 Å². The Kier molecular flexibility index (Phi) is 4.88. The zero-order chi connectivity index (χ0) is 12.9. The van der Waals surface area contributed by atoms with Crippen LogP contribution in [-0.2, 0) is 6.42 Å². The zero-order valence-corrected chi connectivity index (χ0v) is 11.9. The first-order valence-electron chi connectivity index (χ1n) is 6.17. The summed E-state index contributed by atoms with van der Waals surface area (Å²) in [6.07, 6.45) is 5.35. The van der Waals surface area contributed by atoms with Crippen molar-refractivity contribution in [3.63, 3.8) is 0 Å². The van der Waals surface area contributed by atoms with E-state index in [1.54, 1.807) is 0 Å². The highest BCUT2D eigenvalue weighted by atomic mass is 32.1. The highest BCUT2D eigenvalue weighted by Gasteiger charge is 2.22. The summed E-state index contributed by atoms with van der Waals surface area (Å²) in [6.45, 7) is 8.26. The molecular formula is C15H21NS. The summed E-state index contributed by atoms with van der Waals surface area (Å²) < 4.78 is 0. The number of benzene rings is 1. The molecule has 1 N–H and O–H groups in total. The van der Waals surface area contributed by atoms with E-state index in [1.165, 1.54) is 5.56 Å². The Balaban J connectivity index is 0.000000686. The Labute approximate surface area is 110 Å².